The molecular weight excluding hydrogens is 912 g/mol. The van der Waals surface area contributed by atoms with Crippen LogP contribution in [0.25, 0.3) is 0 Å². The van der Waals surface area contributed by atoms with Gasteiger partial charge in [0.2, 0.25) is 24.7 Å². The molecule has 0 aliphatic carbocycles. The van der Waals surface area contributed by atoms with Gasteiger partial charge in [0.05, 0.1) is 78.5 Å². The number of rotatable bonds is 0. The summed E-state index contributed by atoms with van der Waals surface area (Å²) < 4.78 is 5.21. The predicted octanol–water partition coefficient (Wildman–Crippen LogP) is -9.13. The molecule has 12 rings (SSSR count). The summed E-state index contributed by atoms with van der Waals surface area (Å²) >= 11 is 0. The van der Waals surface area contributed by atoms with Crippen LogP contribution < -0.4 is 67.9 Å². The molecule has 0 amide bonds. The minimum atomic E-state index is 0. The first-order chi connectivity index (χ1) is 23.6. The van der Waals surface area contributed by atoms with E-state index < -0.39 is 0 Å². The van der Waals surface area contributed by atoms with Gasteiger partial charge in [0.1, 0.15) is 26.2 Å². The van der Waals surface area contributed by atoms with Crippen LogP contribution in [0.4, 0.5) is 0 Å². The highest BCUT2D eigenvalue weighted by Gasteiger charge is 2.66. The van der Waals surface area contributed by atoms with E-state index in [1.54, 1.807) is 22.3 Å². The number of quaternary nitrogens is 4. The highest BCUT2D eigenvalue weighted by atomic mass is 79.9. The SMILES string of the molecule is [Br-].[Br-].[Br-].[Br-].c1cc2cc(c1)C[N+]13CCCN4CC[N+]5(CCCN(CC1)C5C43)Cc1ccc(cc1)C[N+]13CCCN4CC[N+]5(CCCN(CC1)C5C43)C2. The van der Waals surface area contributed by atoms with Crippen molar-refractivity contribution in [3.63, 3.8) is 0 Å². The zero-order valence-electron chi connectivity index (χ0n) is 31.0. The largest absolute Gasteiger partial charge is 1.00 e. The Bertz CT molecular complexity index is 1470. The maximum absolute atomic E-state index is 2.98. The Hall–Kier alpha value is 0.0400. The highest BCUT2D eigenvalue weighted by Crippen LogP contribution is 2.46. The van der Waals surface area contributed by atoms with Crippen LogP contribution in [0.15, 0.2) is 48.5 Å². The molecule has 2 aromatic rings. The van der Waals surface area contributed by atoms with Gasteiger partial charge in [-0.15, -0.1) is 0 Å². The summed E-state index contributed by atoms with van der Waals surface area (Å²) in [4.78, 5) is 11.9. The first-order valence-corrected chi connectivity index (χ1v) is 20.1. The second kappa shape index (κ2) is 15.1. The molecule has 8 atom stereocenters. The van der Waals surface area contributed by atoms with E-state index in [0.717, 1.165) is 0 Å². The highest BCUT2D eigenvalue weighted by molar-refractivity contribution is 5.24. The molecule has 10 heterocycles. The average molecular weight is 973 g/mol. The molecule has 0 N–H and O–H groups in total. The summed E-state index contributed by atoms with van der Waals surface area (Å²) in [5.41, 5.74) is 6.41. The fraction of sp³-hybridized carbons (Fsp3) is 0.700. The summed E-state index contributed by atoms with van der Waals surface area (Å²) in [5, 5.41) is 0. The summed E-state index contributed by atoms with van der Waals surface area (Å²) in [6.45, 7) is 26.0. The van der Waals surface area contributed by atoms with Crippen molar-refractivity contribution in [1.82, 2.24) is 19.6 Å². The molecule has 8 fully saturated rings. The summed E-state index contributed by atoms with van der Waals surface area (Å²) in [7, 11) is 0. The van der Waals surface area contributed by atoms with E-state index in [1.165, 1.54) is 175 Å². The van der Waals surface area contributed by atoms with Gasteiger partial charge in [0.25, 0.3) is 0 Å². The summed E-state index contributed by atoms with van der Waals surface area (Å²) in [5.74, 6) is 0. The van der Waals surface area contributed by atoms with Gasteiger partial charge < -0.3 is 67.9 Å². The number of halogens is 4. The third-order valence-corrected chi connectivity index (χ3v) is 15.8. The number of benzene rings is 2. The van der Waals surface area contributed by atoms with Crippen LogP contribution >= 0.6 is 0 Å². The summed E-state index contributed by atoms with van der Waals surface area (Å²) in [6.07, 6.45) is 7.99. The second-order valence-corrected chi connectivity index (χ2v) is 18.1. The smallest absolute Gasteiger partial charge is 0.214 e. The molecule has 8 unspecified atom stereocenters. The van der Waals surface area contributed by atoms with E-state index in [9.17, 15) is 0 Å². The minimum absolute atomic E-state index is 0. The number of fused-ring (bicyclic) bond motifs is 2. The molecule has 10 aliphatic heterocycles. The van der Waals surface area contributed by atoms with E-state index in [2.05, 4.69) is 68.1 Å². The number of nitrogens with zero attached hydrogens (tertiary/aromatic N) is 8. The second-order valence-electron chi connectivity index (χ2n) is 18.1. The van der Waals surface area contributed by atoms with Crippen molar-refractivity contribution >= 4 is 0 Å². The normalized spacial score (nSPS) is 40.9. The zero-order valence-corrected chi connectivity index (χ0v) is 37.3. The standard InChI is InChI=1S/C40H60N8.4BrH/c1-6-35-28-36(7-1)32-48-23-5-15-44-17-25-46(21-3-13-42(19-27-48)38(46)40(44)48)30-34-10-8-33(9-11-34)29-45-20-2-12-41-18-26-47(31-35)22-4-14-43(16-24-45)39(47)37(41)45;;;;/h1,6-11,28,37-40H,2-5,12-27,29-32H2;4*1H/q+4;;;;/p-4. The van der Waals surface area contributed by atoms with E-state index in [4.69, 9.17) is 0 Å². The number of hydrogen-bond donors (Lipinski definition) is 0. The van der Waals surface area contributed by atoms with Crippen LogP contribution in [0, 0.1) is 0 Å². The first-order valence-electron chi connectivity index (χ1n) is 20.1. The third-order valence-electron chi connectivity index (χ3n) is 15.8. The first kappa shape index (κ1) is 40.2. The van der Waals surface area contributed by atoms with Crippen molar-refractivity contribution in [2.24, 2.45) is 0 Å². The molecule has 12 heteroatoms. The molecule has 52 heavy (non-hydrogen) atoms. The maximum atomic E-state index is 2.98. The lowest BCUT2D eigenvalue weighted by atomic mass is 9.92. The van der Waals surface area contributed by atoms with E-state index >= 15 is 0 Å². The molecular formula is C40H60Br4N8. The molecule has 0 aromatic heterocycles. The van der Waals surface area contributed by atoms with Gasteiger partial charge in [0, 0.05) is 74.1 Å². The molecule has 10 aliphatic rings. The fourth-order valence-corrected chi connectivity index (χ4v) is 14.0. The van der Waals surface area contributed by atoms with E-state index in [1.807, 2.05) is 0 Å². The quantitative estimate of drug-likeness (QED) is 0.244. The van der Waals surface area contributed by atoms with Crippen LogP contribution in [0.1, 0.15) is 47.9 Å². The molecule has 2 aromatic carbocycles. The third kappa shape index (κ3) is 6.14. The molecule has 0 saturated carbocycles. The van der Waals surface area contributed by atoms with Gasteiger partial charge in [0.15, 0.2) is 0 Å². The Labute approximate surface area is 355 Å². The van der Waals surface area contributed by atoms with Crippen LogP contribution in [0.2, 0.25) is 0 Å². The van der Waals surface area contributed by atoms with Gasteiger partial charge in [-0.05, 0) is 6.07 Å². The van der Waals surface area contributed by atoms with Gasteiger partial charge in [-0.2, -0.15) is 0 Å². The van der Waals surface area contributed by atoms with Gasteiger partial charge in [-0.1, -0.05) is 42.5 Å². The fourth-order valence-electron chi connectivity index (χ4n) is 14.0. The lowest BCUT2D eigenvalue weighted by molar-refractivity contribution is -1.07. The Morgan fingerprint density at radius 3 is 0.942 bits per heavy atom. The molecule has 12 bridgehead atoms. The van der Waals surface area contributed by atoms with Crippen molar-refractivity contribution in [3.05, 3.63) is 70.8 Å². The van der Waals surface area contributed by atoms with Gasteiger partial charge >= 0.3 is 0 Å². The Balaban J connectivity index is 0.00000105. The molecule has 8 saturated heterocycles. The Kier molecular flexibility index (Phi) is 11.7. The monoisotopic (exact) mass is 968 g/mol. The van der Waals surface area contributed by atoms with Gasteiger partial charge in [-0.3, -0.25) is 17.9 Å². The van der Waals surface area contributed by atoms with Crippen molar-refractivity contribution in [2.45, 2.75) is 76.5 Å². The van der Waals surface area contributed by atoms with Crippen LogP contribution in [-0.4, -0.2) is 167 Å². The van der Waals surface area contributed by atoms with E-state index in [0.29, 0.717) is 24.7 Å². The van der Waals surface area contributed by atoms with Gasteiger partial charge in [-0.25, -0.2) is 19.6 Å². The topological polar surface area (TPSA) is 13.0 Å². The minimum Gasteiger partial charge on any atom is -1.00 e. The zero-order chi connectivity index (χ0) is 31.6. The Morgan fingerprint density at radius 1 is 0.346 bits per heavy atom. The van der Waals surface area contributed by atoms with Crippen molar-refractivity contribution < 1.29 is 85.9 Å². The van der Waals surface area contributed by atoms with Crippen molar-refractivity contribution in [3.8, 4) is 0 Å². The lowest BCUT2D eigenvalue weighted by Gasteiger charge is -2.67. The predicted molar refractivity (Wildman–Crippen MR) is 188 cm³/mol. The molecule has 288 valence electrons. The van der Waals surface area contributed by atoms with Crippen molar-refractivity contribution in [2.75, 3.05) is 105 Å². The van der Waals surface area contributed by atoms with Crippen LogP contribution in [-0.2, 0) is 26.2 Å². The van der Waals surface area contributed by atoms with Crippen LogP contribution in [0.5, 0.6) is 0 Å². The summed E-state index contributed by atoms with van der Waals surface area (Å²) in [6, 6.07) is 20.5. The van der Waals surface area contributed by atoms with Crippen molar-refractivity contribution in [1.29, 1.82) is 0 Å². The number of hydrogen-bond acceptors (Lipinski definition) is 4. The lowest BCUT2D eigenvalue weighted by Crippen LogP contribution is -3.00. The van der Waals surface area contributed by atoms with Crippen LogP contribution in [0.3, 0.4) is 0 Å². The molecule has 8 nitrogen and oxygen atoms in total. The Morgan fingerprint density at radius 2 is 0.635 bits per heavy atom. The number of piperazine rings is 4. The molecule has 0 spiro atoms. The van der Waals surface area contributed by atoms with E-state index in [-0.39, 0.29) is 67.9 Å². The average Bonchev–Trinajstić information content (AvgIpc) is 3.11. The molecule has 0 radical (unpaired) electrons. The maximum Gasteiger partial charge on any atom is 0.214 e.